The van der Waals surface area contributed by atoms with Gasteiger partial charge in [0.1, 0.15) is 5.41 Å². The molecule has 4 nitrogen and oxygen atoms in total. The van der Waals surface area contributed by atoms with Gasteiger partial charge in [0.25, 0.3) is 0 Å². The third-order valence-corrected chi connectivity index (χ3v) is 5.58. The van der Waals surface area contributed by atoms with Crippen LogP contribution in [0.15, 0.2) is 66.7 Å². The number of aryl methyl sites for hydroxylation is 1. The van der Waals surface area contributed by atoms with Gasteiger partial charge in [0.05, 0.1) is 11.6 Å². The summed E-state index contributed by atoms with van der Waals surface area (Å²) in [5.74, 6) is -0.302. The number of nitriles is 1. The number of benzene rings is 3. The lowest BCUT2D eigenvalue weighted by atomic mass is 9.75. The molecule has 0 spiro atoms. The molecule has 4 heteroatoms. The summed E-state index contributed by atoms with van der Waals surface area (Å²) in [5.41, 5.74) is 5.46. The van der Waals surface area contributed by atoms with Crippen LogP contribution in [0, 0.1) is 24.2 Å². The van der Waals surface area contributed by atoms with Gasteiger partial charge in [-0.25, -0.2) is 0 Å². The van der Waals surface area contributed by atoms with E-state index < -0.39 is 11.4 Å². The van der Waals surface area contributed by atoms with Gasteiger partial charge in [-0.2, -0.15) is 5.26 Å². The Morgan fingerprint density at radius 3 is 2.19 bits per heavy atom. The summed E-state index contributed by atoms with van der Waals surface area (Å²) in [6.45, 7) is 8.06. The number of hydrogen-bond donors (Lipinski definition) is 1. The Kier molecular flexibility index (Phi) is 6.46. The van der Waals surface area contributed by atoms with Crippen molar-refractivity contribution in [1.29, 1.82) is 5.26 Å². The van der Waals surface area contributed by atoms with Crippen molar-refractivity contribution in [1.82, 2.24) is 0 Å². The molecule has 31 heavy (non-hydrogen) atoms. The first-order chi connectivity index (χ1) is 14.7. The standard InChI is InChI=1S/C27H28N2O2/c1-18(2)16-27(4,26(30)31)23-13-22(21-9-5-19(3)6-10-21)14-25(15-23)29-24-11-7-20(17-28)8-12-24/h5-15,18,29H,16H2,1-4H3,(H,30,31)/p+1. The molecular weight excluding hydrogens is 384 g/mol. The van der Waals surface area contributed by atoms with E-state index in [9.17, 15) is 4.79 Å². The molecule has 1 unspecified atom stereocenters. The molecule has 0 heterocycles. The van der Waals surface area contributed by atoms with Gasteiger partial charge < -0.3 is 10.4 Å². The van der Waals surface area contributed by atoms with Crippen LogP contribution in [0.5, 0.6) is 0 Å². The molecule has 0 aromatic heterocycles. The highest BCUT2D eigenvalue weighted by Crippen LogP contribution is 2.37. The predicted octanol–water partition coefficient (Wildman–Crippen LogP) is 5.83. The van der Waals surface area contributed by atoms with Gasteiger partial charge in [-0.1, -0.05) is 43.7 Å². The summed E-state index contributed by atoms with van der Waals surface area (Å²) >= 11 is 0. The van der Waals surface area contributed by atoms with E-state index in [1.165, 1.54) is 5.56 Å². The van der Waals surface area contributed by atoms with E-state index in [1.54, 1.807) is 12.1 Å². The lowest BCUT2D eigenvalue weighted by Gasteiger charge is -2.25. The summed E-state index contributed by atoms with van der Waals surface area (Å²) in [6.07, 6.45) is 0.600. The normalized spacial score (nSPS) is 12.8. The maximum atomic E-state index is 12.4. The fraction of sp³-hybridized carbons (Fsp3) is 0.259. The molecule has 1 atom stereocenters. The van der Waals surface area contributed by atoms with Crippen molar-refractivity contribution in [2.75, 3.05) is 5.32 Å². The van der Waals surface area contributed by atoms with Crippen molar-refractivity contribution >= 4 is 17.3 Å². The maximum absolute atomic E-state index is 12.4. The molecule has 0 bridgehead atoms. The van der Waals surface area contributed by atoms with Gasteiger partial charge in [0.2, 0.25) is 0 Å². The van der Waals surface area contributed by atoms with Gasteiger partial charge in [-0.15, -0.1) is 0 Å². The monoisotopic (exact) mass is 413 g/mol. The smallest absolute Gasteiger partial charge is 0.526 e. The number of carbonyl (C=O) groups excluding carboxylic acids is 1. The minimum atomic E-state index is -0.893. The fourth-order valence-electron chi connectivity index (χ4n) is 3.88. The minimum Gasteiger partial charge on any atom is -0.564 e. The summed E-state index contributed by atoms with van der Waals surface area (Å²) in [7, 11) is 0. The quantitative estimate of drug-likeness (QED) is 0.495. The SMILES string of the molecule is Cc1ccc(-c2cc(Nc3ccc(C#N)cc3)cc(C(C)(CC(C)C)C(=O)[OH2+])c2)cc1. The Morgan fingerprint density at radius 2 is 1.65 bits per heavy atom. The van der Waals surface area contributed by atoms with Crippen molar-refractivity contribution in [3.63, 3.8) is 0 Å². The van der Waals surface area contributed by atoms with Crippen LogP contribution in [-0.2, 0) is 10.2 Å². The largest absolute Gasteiger partial charge is 0.564 e. The molecule has 158 valence electrons. The highest BCUT2D eigenvalue weighted by Gasteiger charge is 2.42. The number of nitrogens with zero attached hydrogens (tertiary/aromatic N) is 1. The summed E-state index contributed by atoms with van der Waals surface area (Å²) < 4.78 is 0. The molecule has 3 N–H and O–H groups in total. The average molecular weight is 414 g/mol. The van der Waals surface area contributed by atoms with Crippen LogP contribution in [0.4, 0.5) is 11.4 Å². The first-order valence-corrected chi connectivity index (χ1v) is 10.5. The van der Waals surface area contributed by atoms with E-state index in [0.29, 0.717) is 12.0 Å². The molecule has 0 saturated heterocycles. The van der Waals surface area contributed by atoms with Crippen LogP contribution in [0.25, 0.3) is 11.1 Å². The van der Waals surface area contributed by atoms with Crippen molar-refractivity contribution in [2.45, 2.75) is 39.5 Å². The van der Waals surface area contributed by atoms with Crippen LogP contribution in [0.3, 0.4) is 0 Å². The summed E-state index contributed by atoms with van der Waals surface area (Å²) in [5, 5.41) is 20.4. The van der Waals surface area contributed by atoms with Crippen molar-refractivity contribution in [3.8, 4) is 17.2 Å². The first-order valence-electron chi connectivity index (χ1n) is 10.5. The van der Waals surface area contributed by atoms with E-state index in [1.807, 2.05) is 31.2 Å². The van der Waals surface area contributed by atoms with E-state index in [4.69, 9.17) is 10.4 Å². The molecule has 0 saturated carbocycles. The fourth-order valence-corrected chi connectivity index (χ4v) is 3.88. The third kappa shape index (κ3) is 5.13. The molecule has 3 aromatic rings. The molecule has 0 aliphatic carbocycles. The zero-order valence-corrected chi connectivity index (χ0v) is 18.5. The third-order valence-electron chi connectivity index (χ3n) is 5.58. The van der Waals surface area contributed by atoms with Gasteiger partial charge in [-0.05, 0) is 85.3 Å². The highest BCUT2D eigenvalue weighted by molar-refractivity contribution is 5.83. The van der Waals surface area contributed by atoms with Gasteiger partial charge >= 0.3 is 5.97 Å². The Morgan fingerprint density at radius 1 is 1.00 bits per heavy atom. The lowest BCUT2D eigenvalue weighted by molar-refractivity contribution is -0.143. The number of anilines is 2. The number of carbonyl (C=O) groups is 1. The van der Waals surface area contributed by atoms with E-state index >= 15 is 0 Å². The van der Waals surface area contributed by atoms with Crippen molar-refractivity contribution < 1.29 is 9.90 Å². The minimum absolute atomic E-state index is 0.275. The van der Waals surface area contributed by atoms with Crippen LogP contribution in [-0.4, -0.2) is 11.1 Å². The Hall–Kier alpha value is -3.58. The van der Waals surface area contributed by atoms with Crippen LogP contribution in [0.2, 0.25) is 0 Å². The predicted molar refractivity (Wildman–Crippen MR) is 126 cm³/mol. The van der Waals surface area contributed by atoms with E-state index in [0.717, 1.165) is 28.1 Å². The Balaban J connectivity index is 2.12. The molecule has 0 radical (unpaired) electrons. The van der Waals surface area contributed by atoms with Gasteiger partial charge in [-0.3, -0.25) is 0 Å². The van der Waals surface area contributed by atoms with E-state index in [2.05, 4.69) is 62.5 Å². The molecular formula is C27H29N2O2+. The maximum Gasteiger partial charge on any atom is 0.526 e. The van der Waals surface area contributed by atoms with Gasteiger partial charge in [0.15, 0.2) is 0 Å². The van der Waals surface area contributed by atoms with Crippen molar-refractivity contribution in [2.24, 2.45) is 5.92 Å². The summed E-state index contributed by atoms with van der Waals surface area (Å²) in [4.78, 5) is 12.4. The number of rotatable bonds is 7. The zero-order valence-electron chi connectivity index (χ0n) is 18.5. The first kappa shape index (κ1) is 22.1. The molecule has 3 aromatic carbocycles. The molecule has 0 aliphatic rings. The summed E-state index contributed by atoms with van der Waals surface area (Å²) in [6, 6.07) is 23.7. The Bertz CT molecular complexity index is 1110. The zero-order chi connectivity index (χ0) is 22.6. The molecule has 0 amide bonds. The number of nitrogens with one attached hydrogen (secondary N) is 1. The Labute approximate surface area is 184 Å². The topological polar surface area (TPSA) is 75.8 Å². The second-order valence-electron chi connectivity index (χ2n) is 8.74. The lowest BCUT2D eigenvalue weighted by Crippen LogP contribution is -2.34. The highest BCUT2D eigenvalue weighted by atomic mass is 16.4. The molecule has 0 fully saturated rings. The van der Waals surface area contributed by atoms with E-state index in [-0.39, 0.29) is 5.92 Å². The van der Waals surface area contributed by atoms with Crippen LogP contribution < -0.4 is 5.32 Å². The second-order valence-corrected chi connectivity index (χ2v) is 8.74. The number of hydrogen-bond acceptors (Lipinski definition) is 3. The van der Waals surface area contributed by atoms with Crippen LogP contribution >= 0.6 is 0 Å². The van der Waals surface area contributed by atoms with Gasteiger partial charge in [0, 0.05) is 16.2 Å². The second kappa shape index (κ2) is 9.06. The van der Waals surface area contributed by atoms with Crippen molar-refractivity contribution in [3.05, 3.63) is 83.4 Å². The molecule has 0 aliphatic heterocycles. The average Bonchev–Trinajstić information content (AvgIpc) is 2.74. The van der Waals surface area contributed by atoms with Crippen LogP contribution in [0.1, 0.15) is 43.9 Å². The molecule has 3 rings (SSSR count).